The Kier molecular flexibility index (Phi) is 8.38. The van der Waals surface area contributed by atoms with E-state index in [1.807, 2.05) is 85.3 Å². The number of imidazole rings is 1. The van der Waals surface area contributed by atoms with Crippen LogP contribution in [0, 0.1) is 0 Å². The van der Waals surface area contributed by atoms with Crippen LogP contribution in [0.2, 0.25) is 0 Å². The van der Waals surface area contributed by atoms with Gasteiger partial charge in [-0.15, -0.1) is 0 Å². The van der Waals surface area contributed by atoms with E-state index in [2.05, 4.69) is 9.71 Å². The zero-order valence-electron chi connectivity index (χ0n) is 25.1. The number of pyridine rings is 1. The number of hydrogen-bond donors (Lipinski definition) is 2. The lowest BCUT2D eigenvalue weighted by Gasteiger charge is -2.16. The Morgan fingerprint density at radius 2 is 1.76 bits per heavy atom. The highest BCUT2D eigenvalue weighted by atomic mass is 32.2. The quantitative estimate of drug-likeness (QED) is 0.175. The molecule has 3 N–H and O–H groups in total. The number of benzene rings is 3. The van der Waals surface area contributed by atoms with Crippen LogP contribution in [0.3, 0.4) is 0 Å². The molecule has 10 nitrogen and oxygen atoms in total. The Morgan fingerprint density at radius 3 is 2.53 bits per heavy atom. The van der Waals surface area contributed by atoms with E-state index in [-0.39, 0.29) is 31.5 Å². The summed E-state index contributed by atoms with van der Waals surface area (Å²) in [6, 6.07) is 26.0. The number of carbonyl (C=O) groups is 1. The molecule has 0 aliphatic heterocycles. The molecule has 45 heavy (non-hydrogen) atoms. The number of ether oxygens (including phenoxy) is 1. The van der Waals surface area contributed by atoms with Gasteiger partial charge in [0, 0.05) is 36.1 Å². The average Bonchev–Trinajstić information content (AvgIpc) is 3.64. The number of esters is 1. The maximum atomic E-state index is 13.6. The van der Waals surface area contributed by atoms with Crippen LogP contribution in [0.5, 0.6) is 0 Å². The van der Waals surface area contributed by atoms with Crippen molar-refractivity contribution in [1.29, 1.82) is 0 Å². The number of rotatable bonds is 11. The molecule has 0 spiro atoms. The van der Waals surface area contributed by atoms with Gasteiger partial charge in [-0.25, -0.2) is 23.2 Å². The lowest BCUT2D eigenvalue weighted by Crippen LogP contribution is -2.17. The van der Waals surface area contributed by atoms with Gasteiger partial charge in [0.2, 0.25) is 10.0 Å². The van der Waals surface area contributed by atoms with Gasteiger partial charge < -0.3 is 19.6 Å². The smallest absolute Gasteiger partial charge is 0.355 e. The van der Waals surface area contributed by atoms with Crippen molar-refractivity contribution < 1.29 is 17.9 Å². The van der Waals surface area contributed by atoms with E-state index in [1.165, 1.54) is 0 Å². The normalized spacial score (nSPS) is 11.8. The molecule has 0 atom stereocenters. The molecule has 0 saturated heterocycles. The monoisotopic (exact) mass is 622 g/mol. The molecule has 0 unspecified atom stereocenters. The Morgan fingerprint density at radius 1 is 0.978 bits per heavy atom. The van der Waals surface area contributed by atoms with E-state index >= 15 is 0 Å². The molecule has 0 radical (unpaired) electrons. The van der Waals surface area contributed by atoms with E-state index in [0.717, 1.165) is 21.7 Å². The van der Waals surface area contributed by atoms with Crippen molar-refractivity contribution in [3.05, 3.63) is 126 Å². The zero-order valence-corrected chi connectivity index (χ0v) is 25.9. The number of nitrogens with two attached hydrogens (primary N) is 1. The van der Waals surface area contributed by atoms with Crippen LogP contribution in [-0.2, 0) is 40.2 Å². The van der Waals surface area contributed by atoms with Crippen LogP contribution in [0.25, 0.3) is 21.8 Å². The largest absolute Gasteiger partial charge is 0.453 e. The van der Waals surface area contributed by atoms with Crippen LogP contribution in [0.1, 0.15) is 53.0 Å². The molecule has 6 aromatic rings. The van der Waals surface area contributed by atoms with Crippen molar-refractivity contribution in [2.24, 2.45) is 5.73 Å². The van der Waals surface area contributed by atoms with Crippen LogP contribution in [-0.4, -0.2) is 33.5 Å². The van der Waals surface area contributed by atoms with Gasteiger partial charge in [-0.3, -0.25) is 4.72 Å². The van der Waals surface area contributed by atoms with Gasteiger partial charge in [-0.2, -0.15) is 0 Å². The van der Waals surface area contributed by atoms with Gasteiger partial charge in [0.15, 0.2) is 0 Å². The minimum Gasteiger partial charge on any atom is -0.453 e. The van der Waals surface area contributed by atoms with Crippen molar-refractivity contribution in [1.82, 2.24) is 19.1 Å². The third kappa shape index (κ3) is 6.59. The highest BCUT2D eigenvalue weighted by molar-refractivity contribution is 7.91. The van der Waals surface area contributed by atoms with Crippen molar-refractivity contribution in [3.63, 3.8) is 0 Å². The van der Waals surface area contributed by atoms with Gasteiger partial charge in [-0.1, -0.05) is 54.6 Å². The fraction of sp³-hybridized carbons (Fsp3) is 0.206. The van der Waals surface area contributed by atoms with Gasteiger partial charge in [-0.05, 0) is 66.1 Å². The molecule has 0 amide bonds. The second kappa shape index (κ2) is 12.5. The molecule has 3 heterocycles. The third-order valence-electron chi connectivity index (χ3n) is 7.61. The summed E-state index contributed by atoms with van der Waals surface area (Å²) in [4.78, 5) is 22.7. The molecular formula is C34H34N6O4S. The maximum absolute atomic E-state index is 13.6. The molecule has 3 aromatic heterocycles. The molecular weight excluding hydrogens is 588 g/mol. The second-order valence-corrected chi connectivity index (χ2v) is 12.9. The minimum absolute atomic E-state index is 0.00856. The first-order valence-electron chi connectivity index (χ1n) is 14.6. The number of nitrogens with one attached hydrogen (secondary N) is 1. The first-order chi connectivity index (χ1) is 21.7. The molecule has 0 aliphatic rings. The summed E-state index contributed by atoms with van der Waals surface area (Å²) in [5.74, 6) is -0.0367. The summed E-state index contributed by atoms with van der Waals surface area (Å²) in [6.07, 6.45) is 3.54. The summed E-state index contributed by atoms with van der Waals surface area (Å²) >= 11 is 0. The van der Waals surface area contributed by atoms with Gasteiger partial charge in [0.05, 0.1) is 18.0 Å². The van der Waals surface area contributed by atoms with E-state index in [4.69, 9.17) is 15.5 Å². The molecule has 6 rings (SSSR count). The van der Waals surface area contributed by atoms with Crippen LogP contribution < -0.4 is 10.5 Å². The Labute approximate surface area is 261 Å². The van der Waals surface area contributed by atoms with Crippen LogP contribution in [0.4, 0.5) is 5.69 Å². The van der Waals surface area contributed by atoms with Crippen molar-refractivity contribution in [3.8, 4) is 0 Å². The lowest BCUT2D eigenvalue weighted by atomic mass is 10.0. The molecule has 0 fully saturated rings. The SMILES string of the molecule is CC(C)n1ccnc1COC(=O)c1cc2ccc(CN)nc2n1Cc1cc(NS(=O)(=O)Cc2ccccc2)cc2ccccc12. The Balaban J connectivity index is 1.38. The number of anilines is 1. The first kappa shape index (κ1) is 30.0. The lowest BCUT2D eigenvalue weighted by molar-refractivity contribution is 0.0445. The molecule has 0 aliphatic carbocycles. The summed E-state index contributed by atoms with van der Waals surface area (Å²) in [6.45, 7) is 4.54. The standard InChI is InChI=1S/C34H34N6O4S/c1-23(2)39-15-14-36-32(39)21-44-34(41)31-18-26-12-13-28(19-35)37-33(26)40(31)20-27-17-29(16-25-10-6-7-11-30(25)27)38-45(42,43)22-24-8-4-3-5-9-24/h3-18,23,38H,19-22,35H2,1-2H3. The molecule has 0 saturated carbocycles. The number of aromatic nitrogens is 4. The Hall–Kier alpha value is -5.00. The predicted octanol–water partition coefficient (Wildman–Crippen LogP) is 5.77. The van der Waals surface area contributed by atoms with Gasteiger partial charge in [0.1, 0.15) is 23.8 Å². The molecule has 11 heteroatoms. The van der Waals surface area contributed by atoms with E-state index in [1.54, 1.807) is 35.0 Å². The van der Waals surface area contributed by atoms with Gasteiger partial charge in [0.25, 0.3) is 0 Å². The zero-order chi connectivity index (χ0) is 31.6. The minimum atomic E-state index is -3.70. The summed E-state index contributed by atoms with van der Waals surface area (Å²) in [5.41, 5.74) is 9.40. The topological polar surface area (TPSA) is 134 Å². The summed E-state index contributed by atoms with van der Waals surface area (Å²) in [7, 11) is -3.70. The molecule has 3 aromatic carbocycles. The van der Waals surface area contributed by atoms with Gasteiger partial charge >= 0.3 is 5.97 Å². The summed E-state index contributed by atoms with van der Waals surface area (Å²) in [5, 5.41) is 2.52. The summed E-state index contributed by atoms with van der Waals surface area (Å²) < 4.78 is 38.6. The van der Waals surface area contributed by atoms with Crippen molar-refractivity contribution >= 4 is 43.5 Å². The van der Waals surface area contributed by atoms with Crippen molar-refractivity contribution in [2.75, 3.05) is 4.72 Å². The number of carbonyl (C=O) groups excluding carboxylic acids is 1. The van der Waals surface area contributed by atoms with E-state index in [9.17, 15) is 13.2 Å². The van der Waals surface area contributed by atoms with E-state index < -0.39 is 16.0 Å². The van der Waals surface area contributed by atoms with E-state index in [0.29, 0.717) is 34.1 Å². The molecule has 0 bridgehead atoms. The third-order valence-corrected chi connectivity index (χ3v) is 8.87. The molecule has 230 valence electrons. The number of hydrogen-bond acceptors (Lipinski definition) is 7. The van der Waals surface area contributed by atoms with Crippen molar-refractivity contribution in [2.45, 2.75) is 45.3 Å². The number of nitrogens with zero attached hydrogens (tertiary/aromatic N) is 4. The van der Waals surface area contributed by atoms with Crippen LogP contribution in [0.15, 0.2) is 97.3 Å². The fourth-order valence-electron chi connectivity index (χ4n) is 5.50. The highest BCUT2D eigenvalue weighted by Gasteiger charge is 2.21. The number of fused-ring (bicyclic) bond motifs is 2. The van der Waals surface area contributed by atoms with Crippen LogP contribution >= 0.6 is 0 Å². The first-order valence-corrected chi connectivity index (χ1v) is 16.3. The Bertz CT molecular complexity index is 2100. The maximum Gasteiger partial charge on any atom is 0.355 e. The second-order valence-electron chi connectivity index (χ2n) is 11.2. The number of sulfonamides is 1. The average molecular weight is 623 g/mol. The predicted molar refractivity (Wildman–Crippen MR) is 175 cm³/mol. The highest BCUT2D eigenvalue weighted by Crippen LogP contribution is 2.29. The fourth-order valence-corrected chi connectivity index (χ4v) is 6.68.